The first-order valence-corrected chi connectivity index (χ1v) is 13.1. The first-order valence-electron chi connectivity index (χ1n) is 13.1. The molecule has 0 amide bonds. The largest absolute Gasteiger partial charge is 0.489 e. The highest BCUT2D eigenvalue weighted by atomic mass is 16.5. The van der Waals surface area contributed by atoms with E-state index in [9.17, 15) is 15.2 Å². The summed E-state index contributed by atoms with van der Waals surface area (Å²) in [6.07, 6.45) is 3.40. The molecule has 1 aliphatic carbocycles. The van der Waals surface area contributed by atoms with E-state index >= 15 is 0 Å². The Morgan fingerprint density at radius 3 is 2.47 bits per heavy atom. The molecule has 0 bridgehead atoms. The van der Waals surface area contributed by atoms with Crippen LogP contribution in [-0.2, 0) is 22.4 Å². The molecule has 2 aromatic carbocycles. The van der Waals surface area contributed by atoms with Gasteiger partial charge in [-0.05, 0) is 81.0 Å². The van der Waals surface area contributed by atoms with Crippen LogP contribution in [0.15, 0.2) is 42.5 Å². The van der Waals surface area contributed by atoms with Gasteiger partial charge in [-0.15, -0.1) is 0 Å². The zero-order valence-electron chi connectivity index (χ0n) is 22.0. The number of carbonyl (C=O) groups is 1. The minimum absolute atomic E-state index is 0.0550. The number of aliphatic hydroxyl groups excluding tert-OH is 1. The molecule has 0 radical (unpaired) electrons. The minimum atomic E-state index is -0.741. The lowest BCUT2D eigenvalue weighted by Gasteiger charge is -2.30. The Bertz CT molecular complexity index is 1030. The van der Waals surface area contributed by atoms with Crippen LogP contribution in [0, 0.1) is 17.2 Å². The monoisotopic (exact) mass is 492 g/mol. The van der Waals surface area contributed by atoms with E-state index in [0.29, 0.717) is 36.8 Å². The smallest absolute Gasteiger partial charge is 0.306 e. The van der Waals surface area contributed by atoms with Crippen LogP contribution in [0.25, 0.3) is 0 Å². The fraction of sp³-hybridized carbons (Fsp3) is 0.533. The molecule has 6 nitrogen and oxygen atoms in total. The van der Waals surface area contributed by atoms with Crippen molar-refractivity contribution >= 4 is 5.97 Å². The number of carbonyl (C=O) groups excluding carboxylic acids is 1. The second-order valence-corrected chi connectivity index (χ2v) is 10.4. The molecule has 0 saturated heterocycles. The number of nitrogens with one attached hydrogen (secondary N) is 1. The van der Waals surface area contributed by atoms with E-state index in [2.05, 4.69) is 49.5 Å². The van der Waals surface area contributed by atoms with Gasteiger partial charge in [-0.3, -0.25) is 4.79 Å². The van der Waals surface area contributed by atoms with Crippen molar-refractivity contribution in [2.75, 3.05) is 19.8 Å². The second kappa shape index (κ2) is 12.9. The third-order valence-corrected chi connectivity index (χ3v) is 6.99. The molecule has 2 atom stereocenters. The highest BCUT2D eigenvalue weighted by molar-refractivity contribution is 5.71. The maximum Gasteiger partial charge on any atom is 0.306 e. The molecule has 6 heteroatoms. The van der Waals surface area contributed by atoms with Crippen molar-refractivity contribution in [2.24, 2.45) is 5.92 Å². The molecule has 36 heavy (non-hydrogen) atoms. The fourth-order valence-electron chi connectivity index (χ4n) is 5.24. The number of rotatable bonds is 13. The normalized spacial score (nSPS) is 15.1. The summed E-state index contributed by atoms with van der Waals surface area (Å²) >= 11 is 0. The van der Waals surface area contributed by atoms with Gasteiger partial charge in [-0.2, -0.15) is 5.26 Å². The van der Waals surface area contributed by atoms with E-state index in [1.807, 2.05) is 13.0 Å². The highest BCUT2D eigenvalue weighted by Crippen LogP contribution is 2.35. The Morgan fingerprint density at radius 1 is 1.17 bits per heavy atom. The fourth-order valence-corrected chi connectivity index (χ4v) is 5.24. The number of ether oxygens (including phenoxy) is 2. The summed E-state index contributed by atoms with van der Waals surface area (Å²) < 4.78 is 11.1. The first-order chi connectivity index (χ1) is 17.3. The maximum absolute atomic E-state index is 12.1. The van der Waals surface area contributed by atoms with E-state index in [1.54, 1.807) is 19.1 Å². The number of β-amino-alcohol motifs (C(OH)–C–C–N with tert-alkyl or cyclic N) is 1. The van der Waals surface area contributed by atoms with Crippen LogP contribution < -0.4 is 10.1 Å². The lowest BCUT2D eigenvalue weighted by atomic mass is 9.88. The van der Waals surface area contributed by atoms with Crippen LogP contribution in [0.4, 0.5) is 0 Å². The molecule has 0 spiro atoms. The third kappa shape index (κ3) is 7.56. The highest BCUT2D eigenvalue weighted by Gasteiger charge is 2.28. The van der Waals surface area contributed by atoms with Crippen molar-refractivity contribution in [3.05, 3.63) is 64.7 Å². The molecule has 0 aliphatic heterocycles. The lowest BCUT2D eigenvalue weighted by Crippen LogP contribution is -2.46. The summed E-state index contributed by atoms with van der Waals surface area (Å²) in [6, 6.07) is 16.2. The molecule has 0 fully saturated rings. The van der Waals surface area contributed by atoms with E-state index in [4.69, 9.17) is 9.47 Å². The van der Waals surface area contributed by atoms with Crippen molar-refractivity contribution in [3.63, 3.8) is 0 Å². The number of hydrogen-bond acceptors (Lipinski definition) is 6. The van der Waals surface area contributed by atoms with Gasteiger partial charge >= 0.3 is 5.97 Å². The molecule has 194 valence electrons. The number of nitriles is 1. The topological polar surface area (TPSA) is 91.6 Å². The van der Waals surface area contributed by atoms with Crippen molar-refractivity contribution in [1.29, 1.82) is 5.26 Å². The zero-order chi connectivity index (χ0) is 26.1. The van der Waals surface area contributed by atoms with Gasteiger partial charge in [0.1, 0.15) is 24.5 Å². The molecule has 2 aromatic rings. The van der Waals surface area contributed by atoms with Crippen molar-refractivity contribution in [2.45, 2.75) is 77.4 Å². The van der Waals surface area contributed by atoms with Gasteiger partial charge in [0.15, 0.2) is 0 Å². The Kier molecular flexibility index (Phi) is 9.92. The Hall–Kier alpha value is -2.88. The van der Waals surface area contributed by atoms with Crippen LogP contribution in [0.3, 0.4) is 0 Å². The third-order valence-electron chi connectivity index (χ3n) is 6.99. The Labute approximate surface area is 215 Å². The van der Waals surface area contributed by atoms with Gasteiger partial charge in [0.2, 0.25) is 0 Å². The molecular formula is C30H40N2O4. The van der Waals surface area contributed by atoms with Crippen LogP contribution in [0.5, 0.6) is 5.75 Å². The van der Waals surface area contributed by atoms with Crippen molar-refractivity contribution in [1.82, 2.24) is 5.32 Å². The molecule has 1 aliphatic rings. The summed E-state index contributed by atoms with van der Waals surface area (Å²) in [5, 5.41) is 23.9. The molecule has 0 aromatic heterocycles. The summed E-state index contributed by atoms with van der Waals surface area (Å²) in [6.45, 7) is 8.90. The second-order valence-electron chi connectivity index (χ2n) is 10.4. The van der Waals surface area contributed by atoms with Crippen LogP contribution in [0.1, 0.15) is 75.1 Å². The van der Waals surface area contributed by atoms with Crippen LogP contribution >= 0.6 is 0 Å². The summed E-state index contributed by atoms with van der Waals surface area (Å²) in [7, 11) is 0. The van der Waals surface area contributed by atoms with E-state index in [-0.39, 0.29) is 30.5 Å². The SMILES string of the molecule is CCOC(=O)CC(CC)c1cccc(C#N)c1OC[C@@H](O)CNC(C)(C)CC1Cc2ccccc2C1. The van der Waals surface area contributed by atoms with E-state index < -0.39 is 6.10 Å². The van der Waals surface area contributed by atoms with Crippen molar-refractivity contribution < 1.29 is 19.4 Å². The predicted molar refractivity (Wildman–Crippen MR) is 141 cm³/mol. The van der Waals surface area contributed by atoms with Gasteiger partial charge in [-0.25, -0.2) is 0 Å². The average Bonchev–Trinajstić information content (AvgIpc) is 3.26. The maximum atomic E-state index is 12.1. The van der Waals surface area contributed by atoms with Crippen molar-refractivity contribution in [3.8, 4) is 11.8 Å². The summed E-state index contributed by atoms with van der Waals surface area (Å²) in [4.78, 5) is 12.1. The molecule has 2 N–H and O–H groups in total. The van der Waals surface area contributed by atoms with Gasteiger partial charge in [-0.1, -0.05) is 43.3 Å². The van der Waals surface area contributed by atoms with Crippen LogP contribution in [-0.4, -0.2) is 42.5 Å². The van der Waals surface area contributed by atoms with Gasteiger partial charge in [0.05, 0.1) is 18.6 Å². The zero-order valence-corrected chi connectivity index (χ0v) is 22.0. The number of hydrogen-bond donors (Lipinski definition) is 2. The minimum Gasteiger partial charge on any atom is -0.489 e. The van der Waals surface area contributed by atoms with Gasteiger partial charge < -0.3 is 19.9 Å². The average molecular weight is 493 g/mol. The number of fused-ring (bicyclic) bond motifs is 1. The standard InChI is InChI=1S/C30H40N2O4/c1-5-22(16-28(34)35-6-2)27-13-9-12-25(18-31)29(27)36-20-26(33)19-32-30(3,4)17-21-14-23-10-7-8-11-24(23)15-21/h7-13,21-22,26,32-33H,5-6,14-17,19-20H2,1-4H3/t22?,26-/m0/s1. The van der Waals surface area contributed by atoms with Crippen LogP contribution in [0.2, 0.25) is 0 Å². The number of para-hydroxylation sites is 1. The molecule has 0 saturated carbocycles. The van der Waals surface area contributed by atoms with Gasteiger partial charge in [0.25, 0.3) is 0 Å². The first kappa shape index (κ1) is 27.7. The molecule has 3 rings (SSSR count). The quantitative estimate of drug-likeness (QED) is 0.386. The number of esters is 1. The number of benzene rings is 2. The molecule has 0 heterocycles. The van der Waals surface area contributed by atoms with E-state index in [1.165, 1.54) is 11.1 Å². The predicted octanol–water partition coefficient (Wildman–Crippen LogP) is 4.92. The Balaban J connectivity index is 1.57. The number of nitrogens with zero attached hydrogens (tertiary/aromatic N) is 1. The summed E-state index contributed by atoms with van der Waals surface area (Å²) in [5.74, 6) is 0.637. The molecule has 1 unspecified atom stereocenters. The van der Waals surface area contributed by atoms with Gasteiger partial charge in [0, 0.05) is 12.1 Å². The van der Waals surface area contributed by atoms with E-state index in [0.717, 1.165) is 24.8 Å². The number of aliphatic hydroxyl groups is 1. The molecular weight excluding hydrogens is 452 g/mol. The summed E-state index contributed by atoms with van der Waals surface area (Å²) in [5.41, 5.74) is 3.97. The lowest BCUT2D eigenvalue weighted by molar-refractivity contribution is -0.143. The Morgan fingerprint density at radius 2 is 1.86 bits per heavy atom.